The van der Waals surface area contributed by atoms with Gasteiger partial charge in [-0.25, -0.2) is 13.4 Å². The van der Waals surface area contributed by atoms with Crippen molar-refractivity contribution in [2.75, 3.05) is 13.3 Å². The zero-order valence-electron chi connectivity index (χ0n) is 8.73. The molecule has 0 N–H and O–H groups in total. The summed E-state index contributed by atoms with van der Waals surface area (Å²) < 4.78 is 23.7. The first-order valence-electron chi connectivity index (χ1n) is 4.15. The zero-order chi connectivity index (χ0) is 10.9. The van der Waals surface area contributed by atoms with Crippen LogP contribution >= 0.6 is 11.3 Å². The van der Waals surface area contributed by atoms with E-state index < -0.39 is 10.0 Å². The summed E-state index contributed by atoms with van der Waals surface area (Å²) >= 11 is 1.54. The quantitative estimate of drug-likeness (QED) is 0.788. The summed E-state index contributed by atoms with van der Waals surface area (Å²) in [5, 5.41) is 0.972. The van der Waals surface area contributed by atoms with E-state index in [1.54, 1.807) is 18.4 Å². The molecule has 0 atom stereocenters. The van der Waals surface area contributed by atoms with Gasteiger partial charge < -0.3 is 0 Å². The number of thiazole rings is 1. The molecule has 0 aromatic carbocycles. The van der Waals surface area contributed by atoms with E-state index in [1.807, 2.05) is 13.8 Å². The maximum atomic E-state index is 11.2. The van der Waals surface area contributed by atoms with Crippen molar-refractivity contribution in [2.45, 2.75) is 20.4 Å². The van der Waals surface area contributed by atoms with Gasteiger partial charge in [0.2, 0.25) is 10.0 Å². The predicted octanol–water partition coefficient (Wildman–Crippen LogP) is 1.15. The van der Waals surface area contributed by atoms with Gasteiger partial charge in [-0.1, -0.05) is 0 Å². The molecule has 0 aliphatic carbocycles. The number of nitrogens with zero attached hydrogens (tertiary/aromatic N) is 2. The predicted molar refractivity (Wildman–Crippen MR) is 57.9 cm³/mol. The third kappa shape index (κ3) is 2.76. The van der Waals surface area contributed by atoms with Crippen LogP contribution in [-0.4, -0.2) is 31.0 Å². The highest BCUT2D eigenvalue weighted by Gasteiger charge is 2.14. The zero-order valence-corrected chi connectivity index (χ0v) is 10.4. The lowest BCUT2D eigenvalue weighted by Gasteiger charge is -2.12. The molecule has 0 saturated heterocycles. The van der Waals surface area contributed by atoms with Gasteiger partial charge in [0.1, 0.15) is 0 Å². The smallest absolute Gasteiger partial charge is 0.211 e. The lowest BCUT2D eigenvalue weighted by atomic mass is 10.4. The van der Waals surface area contributed by atoms with Crippen LogP contribution in [0.1, 0.15) is 15.6 Å². The van der Waals surface area contributed by atoms with E-state index in [4.69, 9.17) is 0 Å². The largest absolute Gasteiger partial charge is 0.247 e. The Balaban J connectivity index is 2.85. The molecule has 0 fully saturated rings. The monoisotopic (exact) mass is 234 g/mol. The van der Waals surface area contributed by atoms with Gasteiger partial charge in [-0.2, -0.15) is 4.31 Å². The lowest BCUT2D eigenvalue weighted by molar-refractivity contribution is 0.474. The van der Waals surface area contributed by atoms with Crippen molar-refractivity contribution >= 4 is 21.4 Å². The SMILES string of the molecule is Cc1nc(C)c(CN(C)S(C)(=O)=O)s1. The van der Waals surface area contributed by atoms with Gasteiger partial charge in [-0.3, -0.25) is 0 Å². The molecule has 0 spiro atoms. The van der Waals surface area contributed by atoms with E-state index in [2.05, 4.69) is 4.98 Å². The van der Waals surface area contributed by atoms with Crippen LogP contribution in [0, 0.1) is 13.8 Å². The minimum absolute atomic E-state index is 0.413. The minimum Gasteiger partial charge on any atom is -0.247 e. The molecule has 0 radical (unpaired) electrons. The maximum Gasteiger partial charge on any atom is 0.211 e. The van der Waals surface area contributed by atoms with Gasteiger partial charge in [-0.15, -0.1) is 11.3 Å². The third-order valence-electron chi connectivity index (χ3n) is 1.93. The van der Waals surface area contributed by atoms with Crippen LogP contribution in [0.3, 0.4) is 0 Å². The van der Waals surface area contributed by atoms with Crippen molar-refractivity contribution in [3.8, 4) is 0 Å². The lowest BCUT2D eigenvalue weighted by Crippen LogP contribution is -2.24. The fourth-order valence-corrected chi connectivity index (χ4v) is 2.48. The van der Waals surface area contributed by atoms with Gasteiger partial charge >= 0.3 is 0 Å². The molecule has 0 saturated carbocycles. The van der Waals surface area contributed by atoms with Gasteiger partial charge in [0.15, 0.2) is 0 Å². The Hall–Kier alpha value is -0.460. The summed E-state index contributed by atoms with van der Waals surface area (Å²) in [7, 11) is -1.52. The van der Waals surface area contributed by atoms with Crippen LogP contribution in [0.4, 0.5) is 0 Å². The van der Waals surface area contributed by atoms with Crippen molar-refractivity contribution < 1.29 is 8.42 Å². The second-order valence-electron chi connectivity index (χ2n) is 3.26. The number of sulfonamides is 1. The standard InChI is InChI=1S/C8H14N2O2S2/c1-6-8(13-7(2)9-6)5-10(3)14(4,11)12/h5H2,1-4H3. The first-order valence-corrected chi connectivity index (χ1v) is 6.81. The summed E-state index contributed by atoms with van der Waals surface area (Å²) in [5.41, 5.74) is 0.919. The highest BCUT2D eigenvalue weighted by atomic mass is 32.2. The Bertz CT molecular complexity index is 423. The fourth-order valence-electron chi connectivity index (χ4n) is 1.04. The van der Waals surface area contributed by atoms with Crippen LogP contribution in [0.2, 0.25) is 0 Å². The molecule has 4 nitrogen and oxygen atoms in total. The number of rotatable bonds is 3. The van der Waals surface area contributed by atoms with Crippen molar-refractivity contribution in [1.82, 2.24) is 9.29 Å². The summed E-state index contributed by atoms with van der Waals surface area (Å²) in [6.07, 6.45) is 1.20. The Labute approximate surface area is 88.6 Å². The fraction of sp³-hybridized carbons (Fsp3) is 0.625. The van der Waals surface area contributed by atoms with Crippen molar-refractivity contribution in [1.29, 1.82) is 0 Å². The number of aryl methyl sites for hydroxylation is 2. The van der Waals surface area contributed by atoms with E-state index in [1.165, 1.54) is 10.6 Å². The second kappa shape index (κ2) is 3.96. The van der Waals surface area contributed by atoms with E-state index >= 15 is 0 Å². The normalized spacial score (nSPS) is 12.4. The molecule has 80 valence electrons. The number of aromatic nitrogens is 1. The van der Waals surface area contributed by atoms with Gasteiger partial charge in [0, 0.05) is 18.5 Å². The Morgan fingerprint density at radius 2 is 2.00 bits per heavy atom. The molecular weight excluding hydrogens is 220 g/mol. The summed E-state index contributed by atoms with van der Waals surface area (Å²) in [4.78, 5) is 5.25. The van der Waals surface area contributed by atoms with E-state index in [-0.39, 0.29) is 0 Å². The van der Waals surface area contributed by atoms with Gasteiger partial charge in [0.25, 0.3) is 0 Å². The van der Waals surface area contributed by atoms with Crippen molar-refractivity contribution in [3.05, 3.63) is 15.6 Å². The highest BCUT2D eigenvalue weighted by molar-refractivity contribution is 7.88. The highest BCUT2D eigenvalue weighted by Crippen LogP contribution is 2.19. The molecular formula is C8H14N2O2S2. The van der Waals surface area contributed by atoms with Gasteiger partial charge in [-0.05, 0) is 13.8 Å². The van der Waals surface area contributed by atoms with E-state index in [0.29, 0.717) is 6.54 Å². The minimum atomic E-state index is -3.10. The summed E-state index contributed by atoms with van der Waals surface area (Å²) in [5.74, 6) is 0. The van der Waals surface area contributed by atoms with Crippen LogP contribution in [0.15, 0.2) is 0 Å². The Morgan fingerprint density at radius 3 is 2.36 bits per heavy atom. The molecule has 0 aliphatic rings. The Morgan fingerprint density at radius 1 is 1.43 bits per heavy atom. The first-order chi connectivity index (χ1) is 6.30. The molecule has 1 aromatic rings. The third-order valence-corrected chi connectivity index (χ3v) is 4.25. The average molecular weight is 234 g/mol. The van der Waals surface area contributed by atoms with Crippen molar-refractivity contribution in [2.24, 2.45) is 0 Å². The van der Waals surface area contributed by atoms with Crippen molar-refractivity contribution in [3.63, 3.8) is 0 Å². The maximum absolute atomic E-state index is 11.2. The molecule has 0 unspecified atom stereocenters. The first kappa shape index (κ1) is 11.6. The Kier molecular flexibility index (Phi) is 3.28. The molecule has 0 amide bonds. The molecule has 1 aromatic heterocycles. The topological polar surface area (TPSA) is 50.3 Å². The molecule has 6 heteroatoms. The van der Waals surface area contributed by atoms with Crippen LogP contribution < -0.4 is 0 Å². The van der Waals surface area contributed by atoms with Crippen LogP contribution in [-0.2, 0) is 16.6 Å². The number of hydrogen-bond acceptors (Lipinski definition) is 4. The summed E-state index contributed by atoms with van der Waals surface area (Å²) in [6.45, 7) is 4.23. The second-order valence-corrected chi connectivity index (χ2v) is 6.64. The van der Waals surface area contributed by atoms with E-state index in [9.17, 15) is 8.42 Å². The molecule has 0 aliphatic heterocycles. The summed E-state index contributed by atoms with van der Waals surface area (Å²) in [6, 6.07) is 0. The van der Waals surface area contributed by atoms with Crippen LogP contribution in [0.25, 0.3) is 0 Å². The number of hydrogen-bond donors (Lipinski definition) is 0. The molecule has 0 bridgehead atoms. The van der Waals surface area contributed by atoms with Gasteiger partial charge in [0.05, 0.1) is 17.0 Å². The molecule has 1 rings (SSSR count). The van der Waals surface area contributed by atoms with E-state index in [0.717, 1.165) is 15.6 Å². The molecule has 14 heavy (non-hydrogen) atoms. The molecule has 1 heterocycles. The van der Waals surface area contributed by atoms with Crippen LogP contribution in [0.5, 0.6) is 0 Å². The average Bonchev–Trinajstić information content (AvgIpc) is 2.28.